The second kappa shape index (κ2) is 23.1. The van der Waals surface area contributed by atoms with Gasteiger partial charge in [-0.25, -0.2) is 0 Å². The summed E-state index contributed by atoms with van der Waals surface area (Å²) in [5.41, 5.74) is 0. The fourth-order valence-corrected chi connectivity index (χ4v) is 0.633. The molecule has 0 rings (SSSR count). The van der Waals surface area contributed by atoms with E-state index in [2.05, 4.69) is 19.7 Å². The first-order chi connectivity index (χ1) is 9.58. The van der Waals surface area contributed by atoms with Crippen LogP contribution in [-0.4, -0.2) is 29.0 Å². The molecule has 0 amide bonds. The topological polar surface area (TPSA) is 158 Å². The van der Waals surface area contributed by atoms with Crippen LogP contribution >= 0.6 is 0 Å². The average Bonchev–Trinajstić information content (AvgIpc) is 2.40. The number of hydrogen-bond acceptors (Lipinski definition) is 7. The third kappa shape index (κ3) is 94.2. The van der Waals surface area contributed by atoms with Crippen molar-refractivity contribution in [1.82, 2.24) is 0 Å². The van der Waals surface area contributed by atoms with Crippen LogP contribution in [0.2, 0.25) is 4.13 Å². The maximum absolute atomic E-state index is 9.61. The quantitative estimate of drug-likeness (QED) is 0.503. The van der Waals surface area contributed by atoms with Gasteiger partial charge in [0, 0.05) is 0 Å². The van der Waals surface area contributed by atoms with Crippen molar-refractivity contribution in [3.05, 3.63) is 38.0 Å². The van der Waals surface area contributed by atoms with Crippen LogP contribution in [0.4, 0.5) is 0 Å². The van der Waals surface area contributed by atoms with Gasteiger partial charge in [-0.05, 0) is 18.2 Å². The maximum atomic E-state index is 9.61. The molecule has 0 aliphatic heterocycles. The summed E-state index contributed by atoms with van der Waals surface area (Å²) < 4.78 is 0.821. The molecule has 0 spiro atoms. The first-order valence-electron chi connectivity index (χ1n) is 4.95. The van der Waals surface area contributed by atoms with E-state index in [1.54, 1.807) is 0 Å². The Hall–Kier alpha value is -2.02. The number of carbonyl (C=O) groups excluding carboxylic acids is 3. The molecule has 0 saturated carbocycles. The van der Waals surface area contributed by atoms with Gasteiger partial charge in [-0.15, -0.1) is 0 Å². The Bertz CT molecular complexity index is 319. The van der Waals surface area contributed by atoms with Gasteiger partial charge in [0.15, 0.2) is 0 Å². The van der Waals surface area contributed by atoms with E-state index in [1.807, 2.05) is 0 Å². The van der Waals surface area contributed by atoms with Crippen LogP contribution in [0.25, 0.3) is 0 Å². The van der Waals surface area contributed by atoms with Crippen molar-refractivity contribution >= 4 is 23.9 Å². The van der Waals surface area contributed by atoms with E-state index in [0.717, 1.165) is 22.4 Å². The molecule has 0 radical (unpaired) electrons. The SMILES string of the molecule is C=CC(=O)[O-].C=CC(=O)[O-].C=CC(=O)[O-].O=C(O)C[CH2][Zr+3]. The molecule has 1 N–H and O–H groups in total. The normalized spacial score (nSPS) is 6.95. The molecule has 0 bridgehead atoms. The molecule has 0 heterocycles. The van der Waals surface area contributed by atoms with Crippen LogP contribution in [0.5, 0.6) is 0 Å². The molecule has 0 saturated heterocycles. The van der Waals surface area contributed by atoms with Crippen LogP contribution in [0.3, 0.4) is 0 Å². The van der Waals surface area contributed by atoms with Crippen LogP contribution in [0.15, 0.2) is 38.0 Å². The van der Waals surface area contributed by atoms with Crippen molar-refractivity contribution in [1.29, 1.82) is 0 Å². The second-order valence-corrected chi connectivity index (χ2v) is 3.69. The molecule has 0 aromatic rings. The Morgan fingerprint density at radius 3 is 1.05 bits per heavy atom. The van der Waals surface area contributed by atoms with Gasteiger partial charge in [0.1, 0.15) is 0 Å². The molecule has 114 valence electrons. The molecule has 0 aromatic heterocycles. The number of carbonyl (C=O) groups is 4. The molecule has 8 nitrogen and oxygen atoms in total. The minimum absolute atomic E-state index is 0.332. The summed E-state index contributed by atoms with van der Waals surface area (Å²) in [5, 5.41) is 35.3. The van der Waals surface area contributed by atoms with Gasteiger partial charge >= 0.3 is 51.1 Å². The summed E-state index contributed by atoms with van der Waals surface area (Å²) in [4.78, 5) is 37.0. The number of aliphatic carboxylic acids is 4. The predicted octanol–water partition coefficient (Wildman–Crippen LogP) is -2.81. The van der Waals surface area contributed by atoms with Crippen molar-refractivity contribution in [2.24, 2.45) is 0 Å². The van der Waals surface area contributed by atoms with Crippen molar-refractivity contribution in [3.8, 4) is 0 Å². The van der Waals surface area contributed by atoms with Crippen LogP contribution in [-0.2, 0) is 43.9 Å². The van der Waals surface area contributed by atoms with E-state index in [-0.39, 0.29) is 0 Å². The first kappa shape index (κ1) is 27.3. The molecule has 0 unspecified atom stereocenters. The molecule has 0 aliphatic rings. The van der Waals surface area contributed by atoms with Gasteiger partial charge < -0.3 is 29.7 Å². The monoisotopic (exact) mass is 376 g/mol. The number of hydrogen-bond donors (Lipinski definition) is 1. The van der Waals surface area contributed by atoms with E-state index in [1.165, 1.54) is 24.7 Å². The summed E-state index contributed by atoms with van der Waals surface area (Å²) >= 11 is 1.30. The second-order valence-electron chi connectivity index (χ2n) is 2.46. The van der Waals surface area contributed by atoms with Crippen LogP contribution < -0.4 is 15.3 Å². The van der Waals surface area contributed by atoms with Gasteiger partial charge in [-0.2, -0.15) is 0 Å². The Morgan fingerprint density at radius 2 is 1.05 bits per heavy atom. The number of carboxylic acid groups (broad SMARTS) is 4. The van der Waals surface area contributed by atoms with E-state index in [9.17, 15) is 4.79 Å². The molecule has 21 heavy (non-hydrogen) atoms. The number of carboxylic acids is 4. The Morgan fingerprint density at radius 1 is 0.857 bits per heavy atom. The molecule has 0 aliphatic carbocycles. The average molecular weight is 377 g/mol. The summed E-state index contributed by atoms with van der Waals surface area (Å²) in [6.45, 7) is 8.69. The molecular weight excluding hydrogens is 363 g/mol. The van der Waals surface area contributed by atoms with Crippen molar-refractivity contribution in [2.75, 3.05) is 0 Å². The Balaban J connectivity index is -0.0000000921. The van der Waals surface area contributed by atoms with Crippen molar-refractivity contribution < 1.29 is 64.3 Å². The molecule has 0 fully saturated rings. The Kier molecular flexibility index (Phi) is 30.1. The van der Waals surface area contributed by atoms with E-state index >= 15 is 0 Å². The van der Waals surface area contributed by atoms with E-state index in [0.29, 0.717) is 6.42 Å². The summed E-state index contributed by atoms with van der Waals surface area (Å²) in [6.07, 6.45) is 2.50. The summed E-state index contributed by atoms with van der Waals surface area (Å²) in [6, 6.07) is 0. The summed E-state index contributed by atoms with van der Waals surface area (Å²) in [7, 11) is 0. The fraction of sp³-hybridized carbons (Fsp3) is 0.167. The molecule has 0 atom stereocenters. The number of rotatable bonds is 5. The van der Waals surface area contributed by atoms with Gasteiger partial charge in [-0.1, -0.05) is 19.7 Å². The first-order valence-corrected chi connectivity index (χ1v) is 6.69. The van der Waals surface area contributed by atoms with Crippen LogP contribution in [0, 0.1) is 0 Å². The third-order valence-electron chi connectivity index (χ3n) is 0.839. The van der Waals surface area contributed by atoms with Gasteiger partial charge in [0.05, 0.1) is 17.9 Å². The van der Waals surface area contributed by atoms with Crippen LogP contribution in [0.1, 0.15) is 6.42 Å². The third-order valence-corrected chi connectivity index (χ3v) is 1.45. The Labute approximate surface area is 136 Å². The minimum atomic E-state index is -1.23. The summed E-state index contributed by atoms with van der Waals surface area (Å²) in [5.74, 6) is -4.38. The predicted molar refractivity (Wildman–Crippen MR) is 62.7 cm³/mol. The van der Waals surface area contributed by atoms with Gasteiger partial charge in [0.25, 0.3) is 0 Å². The molecule has 9 heteroatoms. The molecular formula is C12H14O8Zr. The van der Waals surface area contributed by atoms with E-state index < -0.39 is 23.9 Å². The standard InChI is InChI=1S/C3H5O2.3C3H4O2.Zr/c4*1-2-3(4)5;/h1-2H2,(H,4,5);3*2H,1H2,(H,4,5);/q;;;;+3/p-3. The fourth-order valence-electron chi connectivity index (χ4n) is 0.107. The zero-order chi connectivity index (χ0) is 17.8. The van der Waals surface area contributed by atoms with Gasteiger partial charge in [0.2, 0.25) is 0 Å². The van der Waals surface area contributed by atoms with E-state index in [4.69, 9.17) is 34.8 Å². The van der Waals surface area contributed by atoms with Crippen molar-refractivity contribution in [3.63, 3.8) is 0 Å². The van der Waals surface area contributed by atoms with Crippen molar-refractivity contribution in [2.45, 2.75) is 10.5 Å². The molecule has 0 aromatic carbocycles. The van der Waals surface area contributed by atoms with Gasteiger partial charge in [-0.3, -0.25) is 0 Å². The zero-order valence-electron chi connectivity index (χ0n) is 11.1. The zero-order valence-corrected chi connectivity index (χ0v) is 13.5.